The van der Waals surface area contributed by atoms with Gasteiger partial charge in [0.2, 0.25) is 0 Å². The van der Waals surface area contributed by atoms with Gasteiger partial charge in [-0.15, -0.1) is 0 Å². The van der Waals surface area contributed by atoms with Gasteiger partial charge in [0.15, 0.2) is 12.0 Å². The summed E-state index contributed by atoms with van der Waals surface area (Å²) in [6.07, 6.45) is 5.25. The molecule has 2 aromatic carbocycles. The molecule has 4 N–H and O–H groups in total. The second kappa shape index (κ2) is 8.20. The third-order valence-corrected chi connectivity index (χ3v) is 7.77. The summed E-state index contributed by atoms with van der Waals surface area (Å²) in [5, 5.41) is 28.6. The molecule has 34 heavy (non-hydrogen) atoms. The molecule has 1 fully saturated rings. The number of carboxylic acid groups (broad SMARTS) is 1. The molecule has 2 aliphatic heterocycles. The van der Waals surface area contributed by atoms with Gasteiger partial charge < -0.3 is 30.2 Å². The number of carboxylic acids is 1. The first-order chi connectivity index (χ1) is 16.5. The number of carbonyl (C=O) groups is 1. The third-order valence-electron chi connectivity index (χ3n) is 7.77. The number of rotatable bonds is 4. The normalized spacial score (nSPS) is 26.9. The Morgan fingerprint density at radius 1 is 1.21 bits per heavy atom. The zero-order valence-electron chi connectivity index (χ0n) is 19.2. The van der Waals surface area contributed by atoms with Gasteiger partial charge in [0.05, 0.1) is 17.3 Å². The molecule has 178 valence electrons. The van der Waals surface area contributed by atoms with Crippen LogP contribution in [0.1, 0.15) is 56.3 Å². The van der Waals surface area contributed by atoms with Crippen molar-refractivity contribution in [2.24, 2.45) is 5.92 Å². The van der Waals surface area contributed by atoms with Crippen LogP contribution >= 0.6 is 0 Å². The Morgan fingerprint density at radius 2 is 2.09 bits per heavy atom. The summed E-state index contributed by atoms with van der Waals surface area (Å²) in [5.41, 5.74) is 6.63. The lowest BCUT2D eigenvalue weighted by Gasteiger charge is -2.40. The minimum atomic E-state index is -0.829. The number of oxazole rings is 1. The fraction of sp³-hybridized carbons (Fsp3) is 0.462. The molecular formula is C26H30N4O4. The predicted octanol–water partition coefficient (Wildman–Crippen LogP) is 4.51. The lowest BCUT2D eigenvalue weighted by Crippen LogP contribution is -2.49. The SMILES string of the molecule is CC1CCc2c(ccc3c2NC(C(O)c2ccc4ocnc4c2)N3C2CCCC(C(=O)O)C2)N1. The van der Waals surface area contributed by atoms with Crippen molar-refractivity contribution in [2.75, 3.05) is 15.5 Å². The number of hydrogen-bond donors (Lipinski definition) is 4. The number of nitrogens with zero attached hydrogens (tertiary/aromatic N) is 2. The van der Waals surface area contributed by atoms with E-state index in [0.717, 1.165) is 48.3 Å². The van der Waals surface area contributed by atoms with Crippen LogP contribution in [-0.2, 0) is 11.2 Å². The molecule has 0 amide bonds. The minimum Gasteiger partial charge on any atom is -0.481 e. The first-order valence-corrected chi connectivity index (χ1v) is 12.2. The van der Waals surface area contributed by atoms with Gasteiger partial charge in [0.25, 0.3) is 0 Å². The van der Waals surface area contributed by atoms with Gasteiger partial charge in [-0.2, -0.15) is 0 Å². The number of anilines is 3. The molecule has 0 spiro atoms. The fourth-order valence-electron chi connectivity index (χ4n) is 6.01. The maximum Gasteiger partial charge on any atom is 0.306 e. The molecular weight excluding hydrogens is 432 g/mol. The van der Waals surface area contributed by atoms with Gasteiger partial charge >= 0.3 is 5.97 Å². The molecule has 3 heterocycles. The second-order valence-electron chi connectivity index (χ2n) is 9.95. The van der Waals surface area contributed by atoms with Crippen LogP contribution in [-0.4, -0.2) is 39.4 Å². The Bertz CT molecular complexity index is 1240. The number of aromatic nitrogens is 1. The van der Waals surface area contributed by atoms with E-state index in [4.69, 9.17) is 4.42 Å². The van der Waals surface area contributed by atoms with Crippen LogP contribution in [0, 0.1) is 5.92 Å². The van der Waals surface area contributed by atoms with Crippen LogP contribution in [0.3, 0.4) is 0 Å². The van der Waals surface area contributed by atoms with Crippen molar-refractivity contribution >= 4 is 34.1 Å². The number of aliphatic hydroxyl groups excluding tert-OH is 1. The highest BCUT2D eigenvalue weighted by Gasteiger charge is 2.42. The Morgan fingerprint density at radius 3 is 2.94 bits per heavy atom. The monoisotopic (exact) mass is 462 g/mol. The predicted molar refractivity (Wildman–Crippen MR) is 130 cm³/mol. The Hall–Kier alpha value is -3.26. The number of fused-ring (bicyclic) bond motifs is 4. The molecule has 1 aromatic heterocycles. The number of benzene rings is 2. The van der Waals surface area contributed by atoms with Crippen molar-refractivity contribution in [3.63, 3.8) is 0 Å². The molecule has 6 rings (SSSR count). The average Bonchev–Trinajstić information content (AvgIpc) is 3.47. The van der Waals surface area contributed by atoms with Gasteiger partial charge in [-0.3, -0.25) is 4.79 Å². The number of aliphatic hydroxyl groups is 1. The number of aliphatic carboxylic acids is 1. The summed E-state index contributed by atoms with van der Waals surface area (Å²) < 4.78 is 5.37. The largest absolute Gasteiger partial charge is 0.481 e. The van der Waals surface area contributed by atoms with Crippen molar-refractivity contribution in [1.82, 2.24) is 4.98 Å². The first-order valence-electron chi connectivity index (χ1n) is 12.2. The summed E-state index contributed by atoms with van der Waals surface area (Å²) in [5.74, 6) is -1.08. The lowest BCUT2D eigenvalue weighted by atomic mass is 9.84. The van der Waals surface area contributed by atoms with E-state index in [1.807, 2.05) is 18.2 Å². The Balaban J connectivity index is 1.40. The van der Waals surface area contributed by atoms with E-state index in [0.29, 0.717) is 30.0 Å². The van der Waals surface area contributed by atoms with Crippen LogP contribution in [0.25, 0.3) is 11.1 Å². The summed E-state index contributed by atoms with van der Waals surface area (Å²) in [7, 11) is 0. The van der Waals surface area contributed by atoms with Crippen molar-refractivity contribution in [3.05, 3.63) is 47.9 Å². The second-order valence-corrected chi connectivity index (χ2v) is 9.95. The van der Waals surface area contributed by atoms with Crippen LogP contribution < -0.4 is 15.5 Å². The number of nitrogens with one attached hydrogen (secondary N) is 2. The van der Waals surface area contributed by atoms with Gasteiger partial charge in [0.1, 0.15) is 17.8 Å². The van der Waals surface area contributed by atoms with E-state index in [1.165, 1.54) is 12.0 Å². The highest BCUT2D eigenvalue weighted by molar-refractivity contribution is 5.85. The Kier molecular flexibility index (Phi) is 5.13. The molecule has 5 unspecified atom stereocenters. The van der Waals surface area contributed by atoms with Gasteiger partial charge in [0, 0.05) is 23.3 Å². The quantitative estimate of drug-likeness (QED) is 0.448. The molecule has 1 aliphatic carbocycles. The number of hydrogen-bond acceptors (Lipinski definition) is 7. The fourth-order valence-corrected chi connectivity index (χ4v) is 6.01. The van der Waals surface area contributed by atoms with E-state index < -0.39 is 18.2 Å². The van der Waals surface area contributed by atoms with Crippen molar-refractivity contribution in [1.29, 1.82) is 0 Å². The van der Waals surface area contributed by atoms with E-state index in [-0.39, 0.29) is 12.0 Å². The first kappa shape index (κ1) is 21.3. The lowest BCUT2D eigenvalue weighted by molar-refractivity contribution is -0.143. The maximum atomic E-state index is 11.8. The van der Waals surface area contributed by atoms with Crippen molar-refractivity contribution in [2.45, 2.75) is 69.8 Å². The zero-order valence-corrected chi connectivity index (χ0v) is 19.2. The van der Waals surface area contributed by atoms with Crippen molar-refractivity contribution < 1.29 is 19.4 Å². The minimum absolute atomic E-state index is 0.0348. The van der Waals surface area contributed by atoms with E-state index in [9.17, 15) is 15.0 Å². The highest BCUT2D eigenvalue weighted by atomic mass is 16.4. The molecule has 0 bridgehead atoms. The van der Waals surface area contributed by atoms with Crippen LogP contribution in [0.4, 0.5) is 17.1 Å². The molecule has 8 heteroatoms. The van der Waals surface area contributed by atoms with Gasteiger partial charge in [-0.1, -0.05) is 12.5 Å². The van der Waals surface area contributed by atoms with Crippen molar-refractivity contribution in [3.8, 4) is 0 Å². The van der Waals surface area contributed by atoms with Crippen LogP contribution in [0.2, 0.25) is 0 Å². The molecule has 0 radical (unpaired) electrons. The van der Waals surface area contributed by atoms with E-state index in [2.05, 4.69) is 39.6 Å². The molecule has 3 aliphatic rings. The van der Waals surface area contributed by atoms with E-state index in [1.54, 1.807) is 0 Å². The summed E-state index contributed by atoms with van der Waals surface area (Å²) in [4.78, 5) is 18.3. The van der Waals surface area contributed by atoms with Gasteiger partial charge in [-0.05, 0) is 68.9 Å². The molecule has 0 saturated heterocycles. The smallest absolute Gasteiger partial charge is 0.306 e. The maximum absolute atomic E-state index is 11.8. The Labute approximate surface area is 198 Å². The molecule has 8 nitrogen and oxygen atoms in total. The standard InChI is InChI=1S/C26H30N4O4/c1-14-5-7-18-19(28-14)8-9-21-23(18)29-25(30(21)17-4-2-3-16(11-17)26(32)33)24(31)15-6-10-22-20(12-15)27-13-34-22/h6,8-10,12-14,16-17,24-25,28-29,31H,2-5,7,11H2,1H3,(H,32,33). The summed E-state index contributed by atoms with van der Waals surface area (Å²) in [6, 6.07) is 10.3. The molecule has 1 saturated carbocycles. The summed E-state index contributed by atoms with van der Waals surface area (Å²) in [6.45, 7) is 2.19. The highest BCUT2D eigenvalue weighted by Crippen LogP contribution is 2.48. The third kappa shape index (κ3) is 3.48. The summed E-state index contributed by atoms with van der Waals surface area (Å²) >= 11 is 0. The average molecular weight is 463 g/mol. The molecule has 3 aromatic rings. The van der Waals surface area contributed by atoms with Crippen LogP contribution in [0.15, 0.2) is 41.1 Å². The van der Waals surface area contributed by atoms with Gasteiger partial charge in [-0.25, -0.2) is 4.98 Å². The van der Waals surface area contributed by atoms with Crippen LogP contribution in [0.5, 0.6) is 0 Å². The zero-order chi connectivity index (χ0) is 23.4. The molecule has 5 atom stereocenters. The topological polar surface area (TPSA) is 111 Å². The van der Waals surface area contributed by atoms with E-state index >= 15 is 0 Å².